The topological polar surface area (TPSA) is 69.7 Å². The molecule has 3 heterocycles. The van der Waals surface area contributed by atoms with E-state index in [0.717, 1.165) is 13.1 Å². The zero-order valence-corrected chi connectivity index (χ0v) is 16.3. The number of sulfonamides is 1. The van der Waals surface area contributed by atoms with Crippen LogP contribution < -0.4 is 5.32 Å². The Bertz CT molecular complexity index is 661. The average Bonchev–Trinajstić information content (AvgIpc) is 3.28. The molecule has 0 aliphatic carbocycles. The van der Waals surface area contributed by atoms with Crippen LogP contribution in [0.25, 0.3) is 0 Å². The number of piperidine rings is 1. The molecule has 0 saturated carbocycles. The zero-order chi connectivity index (χ0) is 17.9. The summed E-state index contributed by atoms with van der Waals surface area (Å²) in [7, 11) is -3.15. The quantitative estimate of drug-likeness (QED) is 0.809. The van der Waals surface area contributed by atoms with E-state index in [-0.39, 0.29) is 17.9 Å². The van der Waals surface area contributed by atoms with Crippen molar-refractivity contribution in [2.45, 2.75) is 31.7 Å². The van der Waals surface area contributed by atoms with Crippen LogP contribution in [0.5, 0.6) is 0 Å². The van der Waals surface area contributed by atoms with Crippen molar-refractivity contribution >= 4 is 27.3 Å². The third-order valence-corrected chi connectivity index (χ3v) is 7.49. The summed E-state index contributed by atoms with van der Waals surface area (Å²) in [5, 5.41) is 5.21. The van der Waals surface area contributed by atoms with Gasteiger partial charge in [-0.1, -0.05) is 6.07 Å². The maximum absolute atomic E-state index is 12.5. The summed E-state index contributed by atoms with van der Waals surface area (Å²) in [5.41, 5.74) is 0. The highest BCUT2D eigenvalue weighted by Gasteiger charge is 2.30. The highest BCUT2D eigenvalue weighted by atomic mass is 32.2. The number of carbonyl (C=O) groups is 1. The Balaban J connectivity index is 1.54. The lowest BCUT2D eigenvalue weighted by atomic mass is 9.97. The molecular weight excluding hydrogens is 358 g/mol. The van der Waals surface area contributed by atoms with Gasteiger partial charge < -0.3 is 5.32 Å². The van der Waals surface area contributed by atoms with Crippen LogP contribution >= 0.6 is 11.3 Å². The predicted octanol–water partition coefficient (Wildman–Crippen LogP) is 1.67. The molecule has 2 aliphatic rings. The number of nitrogens with one attached hydrogen (secondary N) is 1. The van der Waals surface area contributed by atoms with Crippen LogP contribution in [-0.2, 0) is 14.8 Å². The summed E-state index contributed by atoms with van der Waals surface area (Å²) in [6.07, 6.45) is 4.88. The van der Waals surface area contributed by atoms with Gasteiger partial charge in [0.2, 0.25) is 15.9 Å². The fourth-order valence-corrected chi connectivity index (χ4v) is 5.47. The van der Waals surface area contributed by atoms with Crippen LogP contribution in [0.15, 0.2) is 17.5 Å². The van der Waals surface area contributed by atoms with Crippen LogP contribution in [0.1, 0.15) is 36.6 Å². The maximum Gasteiger partial charge on any atom is 0.223 e. The van der Waals surface area contributed by atoms with Crippen molar-refractivity contribution in [2.75, 3.05) is 39.0 Å². The molecule has 1 aromatic heterocycles. The predicted molar refractivity (Wildman–Crippen MR) is 100 cm³/mol. The van der Waals surface area contributed by atoms with E-state index in [1.165, 1.54) is 28.3 Å². The van der Waals surface area contributed by atoms with E-state index in [1.54, 1.807) is 11.3 Å². The lowest BCUT2D eigenvalue weighted by Gasteiger charge is -2.31. The molecule has 1 atom stereocenters. The van der Waals surface area contributed by atoms with E-state index >= 15 is 0 Å². The van der Waals surface area contributed by atoms with E-state index in [1.807, 2.05) is 0 Å². The van der Waals surface area contributed by atoms with Gasteiger partial charge in [-0.15, -0.1) is 11.3 Å². The summed E-state index contributed by atoms with van der Waals surface area (Å²) >= 11 is 1.74. The number of hydrogen-bond donors (Lipinski definition) is 1. The summed E-state index contributed by atoms with van der Waals surface area (Å²) in [6.45, 7) is 3.69. The number of hydrogen-bond acceptors (Lipinski definition) is 5. The largest absolute Gasteiger partial charge is 0.354 e. The van der Waals surface area contributed by atoms with Crippen molar-refractivity contribution in [2.24, 2.45) is 5.92 Å². The minimum atomic E-state index is -3.15. The zero-order valence-electron chi connectivity index (χ0n) is 14.7. The minimum Gasteiger partial charge on any atom is -0.354 e. The van der Waals surface area contributed by atoms with Gasteiger partial charge in [-0.3, -0.25) is 9.69 Å². The molecule has 8 heteroatoms. The molecule has 2 aliphatic heterocycles. The standard InChI is InChI=1S/C17H27N3O3S2/c1-25(22,23)20-10-6-14(7-11-20)17(21)18-13-15(16-5-4-12-24-16)19-8-2-3-9-19/h4-5,12,14-15H,2-3,6-11,13H2,1H3,(H,18,21). The molecule has 0 aromatic carbocycles. The normalized spacial score (nSPS) is 22.1. The number of thiophene rings is 1. The van der Waals surface area contributed by atoms with Gasteiger partial charge >= 0.3 is 0 Å². The molecule has 3 rings (SSSR count). The highest BCUT2D eigenvalue weighted by molar-refractivity contribution is 7.88. The second kappa shape index (κ2) is 8.16. The Morgan fingerprint density at radius 3 is 2.52 bits per heavy atom. The van der Waals surface area contributed by atoms with Gasteiger partial charge in [0.1, 0.15) is 0 Å². The van der Waals surface area contributed by atoms with Crippen molar-refractivity contribution in [3.63, 3.8) is 0 Å². The van der Waals surface area contributed by atoms with Gasteiger partial charge in [-0.25, -0.2) is 12.7 Å². The smallest absolute Gasteiger partial charge is 0.223 e. The summed E-state index contributed by atoms with van der Waals surface area (Å²) in [6, 6.07) is 4.46. The number of likely N-dealkylation sites (tertiary alicyclic amines) is 1. The monoisotopic (exact) mass is 385 g/mol. The van der Waals surface area contributed by atoms with Gasteiger partial charge in [-0.2, -0.15) is 0 Å². The molecule has 25 heavy (non-hydrogen) atoms. The molecule has 1 N–H and O–H groups in total. The van der Waals surface area contributed by atoms with Gasteiger partial charge in [0, 0.05) is 30.4 Å². The fourth-order valence-electron chi connectivity index (χ4n) is 3.74. The second-order valence-electron chi connectivity index (χ2n) is 6.96. The first-order valence-corrected chi connectivity index (χ1v) is 11.7. The maximum atomic E-state index is 12.5. The van der Waals surface area contributed by atoms with E-state index in [2.05, 4.69) is 27.7 Å². The lowest BCUT2D eigenvalue weighted by Crippen LogP contribution is -2.44. The van der Waals surface area contributed by atoms with Crippen molar-refractivity contribution in [1.29, 1.82) is 0 Å². The SMILES string of the molecule is CS(=O)(=O)N1CCC(C(=O)NCC(c2cccs2)N2CCCC2)CC1. The first-order chi connectivity index (χ1) is 11.9. The molecule has 1 unspecified atom stereocenters. The Morgan fingerprint density at radius 1 is 1.28 bits per heavy atom. The van der Waals surface area contributed by atoms with Crippen molar-refractivity contribution < 1.29 is 13.2 Å². The van der Waals surface area contributed by atoms with Crippen molar-refractivity contribution in [3.8, 4) is 0 Å². The summed E-state index contributed by atoms with van der Waals surface area (Å²) in [4.78, 5) is 16.3. The third kappa shape index (κ3) is 4.81. The molecule has 2 fully saturated rings. The third-order valence-electron chi connectivity index (χ3n) is 5.22. The minimum absolute atomic E-state index is 0.0638. The van der Waals surface area contributed by atoms with Gasteiger partial charge in [0.05, 0.1) is 12.3 Å². The Hall–Kier alpha value is -0.960. The molecule has 0 spiro atoms. The fraction of sp³-hybridized carbons (Fsp3) is 0.706. The first kappa shape index (κ1) is 18.8. The van der Waals surface area contributed by atoms with Crippen LogP contribution in [0.3, 0.4) is 0 Å². The van der Waals surface area contributed by atoms with Crippen molar-refractivity contribution in [3.05, 3.63) is 22.4 Å². The number of carbonyl (C=O) groups excluding carboxylic acids is 1. The Labute approximate surface area is 154 Å². The van der Waals surface area contributed by atoms with E-state index in [9.17, 15) is 13.2 Å². The summed E-state index contributed by atoms with van der Waals surface area (Å²) < 4.78 is 24.6. The van der Waals surface area contributed by atoms with E-state index in [4.69, 9.17) is 0 Å². The Kier molecular flexibility index (Phi) is 6.14. The molecule has 2 saturated heterocycles. The van der Waals surface area contributed by atoms with Gasteiger partial charge in [0.25, 0.3) is 0 Å². The van der Waals surface area contributed by atoms with Crippen molar-refractivity contribution in [1.82, 2.24) is 14.5 Å². The lowest BCUT2D eigenvalue weighted by molar-refractivity contribution is -0.126. The molecular formula is C17H27N3O3S2. The highest BCUT2D eigenvalue weighted by Crippen LogP contribution is 2.28. The van der Waals surface area contributed by atoms with E-state index in [0.29, 0.717) is 32.5 Å². The second-order valence-corrected chi connectivity index (χ2v) is 9.92. The van der Waals surface area contributed by atoms with Gasteiger partial charge in [-0.05, 0) is 50.2 Å². The molecule has 1 amide bonds. The van der Waals surface area contributed by atoms with Gasteiger partial charge in [0.15, 0.2) is 0 Å². The molecule has 1 aromatic rings. The van der Waals surface area contributed by atoms with Crippen LogP contribution in [0, 0.1) is 5.92 Å². The number of nitrogens with zero attached hydrogens (tertiary/aromatic N) is 2. The summed E-state index contributed by atoms with van der Waals surface area (Å²) in [5.74, 6) is -0.0190. The van der Waals surface area contributed by atoms with E-state index < -0.39 is 10.0 Å². The number of amides is 1. The average molecular weight is 386 g/mol. The molecule has 0 bridgehead atoms. The molecule has 0 radical (unpaired) electrons. The molecule has 140 valence electrons. The van der Waals surface area contributed by atoms with Crippen LogP contribution in [0.4, 0.5) is 0 Å². The molecule has 6 nitrogen and oxygen atoms in total. The number of rotatable bonds is 6. The van der Waals surface area contributed by atoms with Crippen LogP contribution in [0.2, 0.25) is 0 Å². The Morgan fingerprint density at radius 2 is 1.96 bits per heavy atom. The van der Waals surface area contributed by atoms with Crippen LogP contribution in [-0.4, -0.2) is 62.5 Å². The first-order valence-electron chi connectivity index (χ1n) is 8.95.